The van der Waals surface area contributed by atoms with Crippen molar-refractivity contribution >= 4 is 15.7 Å². The average Bonchev–Trinajstić information content (AvgIpc) is 3.07. The summed E-state index contributed by atoms with van der Waals surface area (Å²) in [4.78, 5) is 3.97. The normalized spacial score (nSPS) is 28.8. The van der Waals surface area contributed by atoms with E-state index >= 15 is 0 Å². The van der Waals surface area contributed by atoms with E-state index in [0.29, 0.717) is 24.1 Å². The number of pyridine rings is 1. The summed E-state index contributed by atoms with van der Waals surface area (Å²) in [5, 5.41) is 0. The lowest BCUT2D eigenvalue weighted by Crippen LogP contribution is -2.32. The van der Waals surface area contributed by atoms with E-state index < -0.39 is 10.0 Å². The van der Waals surface area contributed by atoms with Gasteiger partial charge < -0.3 is 5.43 Å². The standard InChI is InChI=1S/C13H20N4O2S/c14-17-12-3-4-15-8-13(12)20(18,19)16-7-11-6-9-1-2-10(11)5-9/h3-4,8-11,16H,1-2,5-7,14H2,(H,15,17). The number of nitrogens with two attached hydrogens (primary N) is 1. The zero-order valence-electron chi connectivity index (χ0n) is 11.2. The molecule has 2 fully saturated rings. The topological polar surface area (TPSA) is 97.1 Å². The fourth-order valence-electron chi connectivity index (χ4n) is 3.63. The monoisotopic (exact) mass is 296 g/mol. The Hall–Kier alpha value is -1.18. The molecule has 2 saturated carbocycles. The van der Waals surface area contributed by atoms with Crippen LogP contribution in [0.2, 0.25) is 0 Å². The maximum absolute atomic E-state index is 12.3. The zero-order valence-corrected chi connectivity index (χ0v) is 12.1. The molecule has 2 aliphatic carbocycles. The molecule has 2 bridgehead atoms. The summed E-state index contributed by atoms with van der Waals surface area (Å²) in [5.41, 5.74) is 2.76. The van der Waals surface area contributed by atoms with Crippen LogP contribution in [0.4, 0.5) is 5.69 Å². The third kappa shape index (κ3) is 2.53. The van der Waals surface area contributed by atoms with Gasteiger partial charge in [0.25, 0.3) is 0 Å². The third-order valence-corrected chi connectivity index (χ3v) is 6.10. The number of anilines is 1. The van der Waals surface area contributed by atoms with Crippen molar-refractivity contribution in [2.24, 2.45) is 23.6 Å². The molecule has 3 unspecified atom stereocenters. The lowest BCUT2D eigenvalue weighted by Gasteiger charge is -2.22. The molecule has 0 amide bonds. The van der Waals surface area contributed by atoms with Crippen LogP contribution in [0.25, 0.3) is 0 Å². The van der Waals surface area contributed by atoms with Crippen molar-refractivity contribution in [1.29, 1.82) is 0 Å². The molecule has 4 N–H and O–H groups in total. The first kappa shape index (κ1) is 13.8. The summed E-state index contributed by atoms with van der Waals surface area (Å²) < 4.78 is 27.4. The van der Waals surface area contributed by atoms with Gasteiger partial charge in [-0.05, 0) is 43.1 Å². The van der Waals surface area contributed by atoms with Crippen LogP contribution in [-0.4, -0.2) is 19.9 Å². The molecule has 6 nitrogen and oxygen atoms in total. The first-order chi connectivity index (χ1) is 9.60. The van der Waals surface area contributed by atoms with Crippen LogP contribution in [0, 0.1) is 17.8 Å². The second-order valence-corrected chi connectivity index (χ2v) is 7.54. The number of hydrogen-bond acceptors (Lipinski definition) is 5. The van der Waals surface area contributed by atoms with Crippen LogP contribution in [0.15, 0.2) is 23.4 Å². The van der Waals surface area contributed by atoms with E-state index in [2.05, 4.69) is 15.1 Å². The van der Waals surface area contributed by atoms with Crippen LogP contribution in [0.5, 0.6) is 0 Å². The van der Waals surface area contributed by atoms with Crippen molar-refractivity contribution < 1.29 is 8.42 Å². The second-order valence-electron chi connectivity index (χ2n) is 5.80. The lowest BCUT2D eigenvalue weighted by molar-refractivity contribution is 0.333. The molecule has 20 heavy (non-hydrogen) atoms. The SMILES string of the molecule is NNc1ccncc1S(=O)(=O)NCC1CC2CCC1C2. The lowest BCUT2D eigenvalue weighted by atomic mass is 9.89. The quantitative estimate of drug-likeness (QED) is 0.558. The van der Waals surface area contributed by atoms with Gasteiger partial charge in [-0.2, -0.15) is 0 Å². The summed E-state index contributed by atoms with van der Waals surface area (Å²) >= 11 is 0. The molecule has 2 aliphatic rings. The van der Waals surface area contributed by atoms with E-state index in [1.54, 1.807) is 6.07 Å². The molecule has 1 heterocycles. The van der Waals surface area contributed by atoms with Gasteiger partial charge in [-0.25, -0.2) is 13.1 Å². The summed E-state index contributed by atoms with van der Waals surface area (Å²) in [6.07, 6.45) is 7.82. The molecular formula is C13H20N4O2S. The van der Waals surface area contributed by atoms with E-state index in [1.165, 1.54) is 31.7 Å². The number of nitrogens with one attached hydrogen (secondary N) is 2. The van der Waals surface area contributed by atoms with Crippen LogP contribution < -0.4 is 16.0 Å². The van der Waals surface area contributed by atoms with Gasteiger partial charge in [-0.3, -0.25) is 10.8 Å². The van der Waals surface area contributed by atoms with Gasteiger partial charge in [-0.1, -0.05) is 6.42 Å². The molecule has 3 rings (SSSR count). The number of hydrazine groups is 1. The molecule has 3 atom stereocenters. The Morgan fingerprint density at radius 1 is 1.35 bits per heavy atom. The maximum Gasteiger partial charge on any atom is 0.244 e. The number of nitrogen functional groups attached to an aromatic ring is 1. The largest absolute Gasteiger partial charge is 0.323 e. The molecule has 0 radical (unpaired) electrons. The van der Waals surface area contributed by atoms with Gasteiger partial charge in [0.05, 0.1) is 5.69 Å². The van der Waals surface area contributed by atoms with Crippen LogP contribution in [-0.2, 0) is 10.0 Å². The zero-order chi connectivity index (χ0) is 14.2. The van der Waals surface area contributed by atoms with Crippen LogP contribution in [0.3, 0.4) is 0 Å². The number of nitrogens with zero attached hydrogens (tertiary/aromatic N) is 1. The van der Waals surface area contributed by atoms with Gasteiger partial charge in [-0.15, -0.1) is 0 Å². The Kier molecular flexibility index (Phi) is 3.66. The number of fused-ring (bicyclic) bond motifs is 2. The summed E-state index contributed by atoms with van der Waals surface area (Å²) in [7, 11) is -3.56. The first-order valence-electron chi connectivity index (χ1n) is 7.00. The third-order valence-electron chi connectivity index (χ3n) is 4.65. The molecule has 7 heteroatoms. The van der Waals surface area contributed by atoms with Crippen molar-refractivity contribution in [3.63, 3.8) is 0 Å². The summed E-state index contributed by atoms with van der Waals surface area (Å²) in [5.74, 6) is 7.34. The summed E-state index contributed by atoms with van der Waals surface area (Å²) in [6, 6.07) is 1.55. The molecule has 0 saturated heterocycles. The van der Waals surface area contributed by atoms with Crippen molar-refractivity contribution in [2.45, 2.75) is 30.6 Å². The molecule has 0 aromatic carbocycles. The highest BCUT2D eigenvalue weighted by atomic mass is 32.2. The Morgan fingerprint density at radius 2 is 2.20 bits per heavy atom. The number of hydrogen-bond donors (Lipinski definition) is 3. The smallest absolute Gasteiger partial charge is 0.244 e. The molecule has 1 aromatic rings. The number of sulfonamides is 1. The number of aromatic nitrogens is 1. The van der Waals surface area contributed by atoms with E-state index in [0.717, 1.165) is 12.3 Å². The van der Waals surface area contributed by atoms with E-state index in [-0.39, 0.29) is 4.90 Å². The molecule has 110 valence electrons. The van der Waals surface area contributed by atoms with E-state index in [4.69, 9.17) is 5.84 Å². The molecule has 1 aromatic heterocycles. The average molecular weight is 296 g/mol. The molecule has 0 spiro atoms. The van der Waals surface area contributed by atoms with E-state index in [1.807, 2.05) is 0 Å². The van der Waals surface area contributed by atoms with Crippen molar-refractivity contribution in [1.82, 2.24) is 9.71 Å². The van der Waals surface area contributed by atoms with Crippen molar-refractivity contribution in [3.8, 4) is 0 Å². The minimum atomic E-state index is -3.56. The Labute approximate surface area is 119 Å². The maximum atomic E-state index is 12.3. The Balaban J connectivity index is 1.69. The highest BCUT2D eigenvalue weighted by Crippen LogP contribution is 2.48. The Bertz CT molecular complexity index is 590. The highest BCUT2D eigenvalue weighted by molar-refractivity contribution is 7.89. The van der Waals surface area contributed by atoms with Crippen LogP contribution in [0.1, 0.15) is 25.7 Å². The Morgan fingerprint density at radius 3 is 2.85 bits per heavy atom. The predicted molar refractivity (Wildman–Crippen MR) is 76.2 cm³/mol. The van der Waals surface area contributed by atoms with Gasteiger partial charge >= 0.3 is 0 Å². The molecule has 0 aliphatic heterocycles. The second kappa shape index (κ2) is 5.31. The van der Waals surface area contributed by atoms with Gasteiger partial charge in [0.15, 0.2) is 0 Å². The predicted octanol–water partition coefficient (Wildman–Crippen LogP) is 1.08. The molecular weight excluding hydrogens is 276 g/mol. The minimum absolute atomic E-state index is 0.102. The summed E-state index contributed by atoms with van der Waals surface area (Å²) in [6.45, 7) is 0.516. The fourth-order valence-corrected chi connectivity index (χ4v) is 4.84. The van der Waals surface area contributed by atoms with E-state index in [9.17, 15) is 8.42 Å². The van der Waals surface area contributed by atoms with Gasteiger partial charge in [0, 0.05) is 18.9 Å². The van der Waals surface area contributed by atoms with Crippen LogP contribution >= 0.6 is 0 Å². The van der Waals surface area contributed by atoms with Crippen molar-refractivity contribution in [3.05, 3.63) is 18.5 Å². The first-order valence-corrected chi connectivity index (χ1v) is 8.49. The highest BCUT2D eigenvalue weighted by Gasteiger charge is 2.39. The minimum Gasteiger partial charge on any atom is -0.323 e. The van der Waals surface area contributed by atoms with Crippen molar-refractivity contribution in [2.75, 3.05) is 12.0 Å². The van der Waals surface area contributed by atoms with Gasteiger partial charge in [0.2, 0.25) is 10.0 Å². The number of rotatable bonds is 5. The fraction of sp³-hybridized carbons (Fsp3) is 0.615. The van der Waals surface area contributed by atoms with Gasteiger partial charge in [0.1, 0.15) is 4.90 Å².